The van der Waals surface area contributed by atoms with Crippen LogP contribution in [0.1, 0.15) is 6.42 Å². The van der Waals surface area contributed by atoms with E-state index in [1.807, 2.05) is 36.0 Å². The lowest BCUT2D eigenvalue weighted by Gasteiger charge is -1.90. The fourth-order valence-electron chi connectivity index (χ4n) is 0.348. The molecule has 0 unspecified atom stereocenters. The molecule has 0 aromatic heterocycles. The van der Waals surface area contributed by atoms with Gasteiger partial charge in [0.05, 0.1) is 0 Å². The van der Waals surface area contributed by atoms with Gasteiger partial charge in [0.2, 0.25) is 0 Å². The average molecular weight is 198 g/mol. The normalized spacial score (nSPS) is 8.40. The SMILES string of the molecule is CSC.CSCCCSC. The summed E-state index contributed by atoms with van der Waals surface area (Å²) in [7, 11) is 0. The van der Waals surface area contributed by atoms with E-state index in [1.165, 1.54) is 17.9 Å². The first-order valence-electron chi connectivity index (χ1n) is 3.21. The van der Waals surface area contributed by atoms with Gasteiger partial charge in [-0.15, -0.1) is 0 Å². The van der Waals surface area contributed by atoms with Gasteiger partial charge in [-0.25, -0.2) is 0 Å². The summed E-state index contributed by atoms with van der Waals surface area (Å²) in [6, 6.07) is 0. The van der Waals surface area contributed by atoms with Crippen LogP contribution in [0.3, 0.4) is 0 Å². The zero-order valence-corrected chi connectivity index (χ0v) is 9.80. The summed E-state index contributed by atoms with van der Waals surface area (Å²) in [5.41, 5.74) is 0. The van der Waals surface area contributed by atoms with E-state index in [0.717, 1.165) is 0 Å². The Balaban J connectivity index is 0. The predicted octanol–water partition coefficient (Wildman–Crippen LogP) is 3.08. The molecule has 3 heteroatoms. The third kappa shape index (κ3) is 23.0. The molecule has 0 heterocycles. The van der Waals surface area contributed by atoms with Crippen molar-refractivity contribution in [1.82, 2.24) is 0 Å². The summed E-state index contributed by atoms with van der Waals surface area (Å²) in [6.45, 7) is 0. The van der Waals surface area contributed by atoms with Crippen molar-refractivity contribution >= 4 is 35.3 Å². The summed E-state index contributed by atoms with van der Waals surface area (Å²) in [5.74, 6) is 2.64. The van der Waals surface area contributed by atoms with E-state index in [0.29, 0.717) is 0 Å². The van der Waals surface area contributed by atoms with Gasteiger partial charge in [0.1, 0.15) is 0 Å². The van der Waals surface area contributed by atoms with E-state index in [1.54, 1.807) is 11.8 Å². The zero-order valence-electron chi connectivity index (χ0n) is 7.35. The lowest BCUT2D eigenvalue weighted by Crippen LogP contribution is -1.79. The molecule has 0 atom stereocenters. The van der Waals surface area contributed by atoms with E-state index < -0.39 is 0 Å². The van der Waals surface area contributed by atoms with Crippen molar-refractivity contribution in [1.29, 1.82) is 0 Å². The largest absolute Gasteiger partial charge is 0.169 e. The highest BCUT2D eigenvalue weighted by atomic mass is 32.2. The third-order valence-corrected chi connectivity index (χ3v) is 2.09. The van der Waals surface area contributed by atoms with Crippen LogP contribution in [0.4, 0.5) is 0 Å². The van der Waals surface area contributed by atoms with Crippen LogP contribution in [0.2, 0.25) is 0 Å². The Hall–Kier alpha value is 1.05. The first-order valence-corrected chi connectivity index (χ1v) is 7.63. The second-order valence-corrected chi connectivity index (χ2v) is 4.54. The quantitative estimate of drug-likeness (QED) is 0.637. The monoisotopic (exact) mass is 198 g/mol. The molecule has 0 aliphatic rings. The van der Waals surface area contributed by atoms with Crippen LogP contribution in [0.5, 0.6) is 0 Å². The third-order valence-electron chi connectivity index (χ3n) is 0.697. The maximum absolute atomic E-state index is 2.15. The minimum absolute atomic E-state index is 1.32. The molecule has 0 fully saturated rings. The highest BCUT2D eigenvalue weighted by Gasteiger charge is 1.80. The smallest absolute Gasteiger partial charge is 0.00625 e. The van der Waals surface area contributed by atoms with Crippen molar-refractivity contribution in [3.63, 3.8) is 0 Å². The van der Waals surface area contributed by atoms with Gasteiger partial charge in [-0.2, -0.15) is 35.3 Å². The summed E-state index contributed by atoms with van der Waals surface area (Å²) in [4.78, 5) is 0. The number of thioether (sulfide) groups is 3. The summed E-state index contributed by atoms with van der Waals surface area (Å²) >= 11 is 5.61. The summed E-state index contributed by atoms with van der Waals surface area (Å²) in [6.07, 6.45) is 9.75. The average Bonchev–Trinajstić information content (AvgIpc) is 1.91. The fraction of sp³-hybridized carbons (Fsp3) is 1.00. The molecule has 0 radical (unpaired) electrons. The van der Waals surface area contributed by atoms with Gasteiger partial charge in [-0.05, 0) is 42.9 Å². The van der Waals surface area contributed by atoms with Crippen molar-refractivity contribution in [3.8, 4) is 0 Å². The number of rotatable bonds is 4. The van der Waals surface area contributed by atoms with Gasteiger partial charge in [-0.1, -0.05) is 0 Å². The lowest BCUT2D eigenvalue weighted by molar-refractivity contribution is 1.13. The van der Waals surface area contributed by atoms with E-state index in [2.05, 4.69) is 12.5 Å². The van der Waals surface area contributed by atoms with E-state index in [4.69, 9.17) is 0 Å². The Morgan fingerprint density at radius 3 is 1.30 bits per heavy atom. The molecule has 0 aromatic rings. The molecule has 0 aromatic carbocycles. The Morgan fingerprint density at radius 2 is 1.10 bits per heavy atom. The number of hydrogen-bond acceptors (Lipinski definition) is 3. The van der Waals surface area contributed by atoms with E-state index in [9.17, 15) is 0 Å². The van der Waals surface area contributed by atoms with Crippen molar-refractivity contribution < 1.29 is 0 Å². The second kappa shape index (κ2) is 16.6. The molecule has 0 bridgehead atoms. The Bertz CT molecular complexity index is 35.8. The lowest BCUT2D eigenvalue weighted by atomic mass is 10.6. The zero-order chi connectivity index (χ0) is 8.24. The molecular weight excluding hydrogens is 180 g/mol. The molecule has 0 rings (SSSR count). The molecule has 0 saturated carbocycles. The van der Waals surface area contributed by atoms with Crippen molar-refractivity contribution in [2.75, 3.05) is 36.5 Å². The van der Waals surface area contributed by atoms with Crippen LogP contribution in [-0.2, 0) is 0 Å². The van der Waals surface area contributed by atoms with Crippen LogP contribution in [0, 0.1) is 0 Å². The number of hydrogen-bond donors (Lipinski definition) is 0. The van der Waals surface area contributed by atoms with Crippen molar-refractivity contribution in [2.24, 2.45) is 0 Å². The Kier molecular flexibility index (Phi) is 22.6. The second-order valence-electron chi connectivity index (χ2n) is 1.75. The maximum atomic E-state index is 2.15. The topological polar surface area (TPSA) is 0 Å². The maximum Gasteiger partial charge on any atom is -0.00625 e. The molecule has 0 aliphatic heterocycles. The summed E-state index contributed by atoms with van der Waals surface area (Å²) in [5, 5.41) is 0. The van der Waals surface area contributed by atoms with Crippen LogP contribution in [0.15, 0.2) is 0 Å². The van der Waals surface area contributed by atoms with Gasteiger partial charge in [0.15, 0.2) is 0 Å². The van der Waals surface area contributed by atoms with E-state index in [-0.39, 0.29) is 0 Å². The molecule has 10 heavy (non-hydrogen) atoms. The van der Waals surface area contributed by atoms with Crippen LogP contribution in [0.25, 0.3) is 0 Å². The van der Waals surface area contributed by atoms with Gasteiger partial charge in [0, 0.05) is 0 Å². The Morgan fingerprint density at radius 1 is 0.800 bits per heavy atom. The molecule has 0 amide bonds. The minimum Gasteiger partial charge on any atom is -0.169 e. The summed E-state index contributed by atoms with van der Waals surface area (Å²) < 4.78 is 0. The van der Waals surface area contributed by atoms with Gasteiger partial charge < -0.3 is 0 Å². The van der Waals surface area contributed by atoms with Gasteiger partial charge in [0.25, 0.3) is 0 Å². The Labute approximate surface area is 78.3 Å². The minimum atomic E-state index is 1.32. The molecule has 0 aliphatic carbocycles. The first-order chi connectivity index (χ1) is 4.83. The van der Waals surface area contributed by atoms with Crippen LogP contribution >= 0.6 is 35.3 Å². The molecule has 0 saturated heterocycles. The molecule has 0 N–H and O–H groups in total. The van der Waals surface area contributed by atoms with Gasteiger partial charge in [-0.3, -0.25) is 0 Å². The van der Waals surface area contributed by atoms with E-state index >= 15 is 0 Å². The molecule has 0 nitrogen and oxygen atoms in total. The fourth-order valence-corrected chi connectivity index (χ4v) is 1.40. The first kappa shape index (κ1) is 13.6. The standard InChI is InChI=1S/C5H12S2.C2H6S/c1-6-4-3-5-7-2;1-3-2/h3-5H2,1-2H3;1-2H3. The van der Waals surface area contributed by atoms with Gasteiger partial charge >= 0.3 is 0 Å². The molecular formula is C7H18S3. The highest BCUT2D eigenvalue weighted by molar-refractivity contribution is 7.99. The van der Waals surface area contributed by atoms with Crippen molar-refractivity contribution in [2.45, 2.75) is 6.42 Å². The van der Waals surface area contributed by atoms with Crippen molar-refractivity contribution in [3.05, 3.63) is 0 Å². The molecule has 64 valence electrons. The molecule has 0 spiro atoms. The predicted molar refractivity (Wildman–Crippen MR) is 60.8 cm³/mol. The van der Waals surface area contributed by atoms with Crippen LogP contribution < -0.4 is 0 Å². The highest BCUT2D eigenvalue weighted by Crippen LogP contribution is 2.00. The van der Waals surface area contributed by atoms with Crippen LogP contribution in [-0.4, -0.2) is 36.5 Å².